The molecule has 0 saturated carbocycles. The van der Waals surface area contributed by atoms with E-state index in [2.05, 4.69) is 17.9 Å². The van der Waals surface area contributed by atoms with Gasteiger partial charge in [0, 0.05) is 13.1 Å². The molecule has 0 radical (unpaired) electrons. The zero-order valence-electron chi connectivity index (χ0n) is 10.4. The molecule has 3 heteroatoms. The average molecular weight is 230 g/mol. The Bertz CT molecular complexity index is 456. The van der Waals surface area contributed by atoms with Crippen LogP contribution in [0.4, 0.5) is 5.69 Å². The summed E-state index contributed by atoms with van der Waals surface area (Å²) in [5, 5.41) is 19.3. The molecule has 3 nitrogen and oxygen atoms in total. The number of para-hydroxylation sites is 1. The first kappa shape index (κ1) is 11.9. The molecule has 0 aromatic heterocycles. The number of nitrogens with zero attached hydrogens (tertiary/aromatic N) is 2. The van der Waals surface area contributed by atoms with Gasteiger partial charge in [-0.3, -0.25) is 0 Å². The van der Waals surface area contributed by atoms with Gasteiger partial charge < -0.3 is 10.0 Å². The molecule has 1 aromatic rings. The zero-order valence-corrected chi connectivity index (χ0v) is 10.4. The fourth-order valence-electron chi connectivity index (χ4n) is 2.61. The molecule has 2 rings (SSSR count). The van der Waals surface area contributed by atoms with Crippen molar-refractivity contribution in [2.75, 3.05) is 18.0 Å². The number of β-amino-alcohol motifs (C(OH)–C–C–N with tert-alkyl or cyclic N) is 1. The van der Waals surface area contributed by atoms with Crippen molar-refractivity contribution in [1.82, 2.24) is 0 Å². The molecule has 0 unspecified atom stereocenters. The van der Waals surface area contributed by atoms with Gasteiger partial charge in [-0.1, -0.05) is 25.5 Å². The Hall–Kier alpha value is -1.53. The molecule has 0 spiro atoms. The van der Waals surface area contributed by atoms with Crippen LogP contribution in [0.2, 0.25) is 0 Å². The molecule has 17 heavy (non-hydrogen) atoms. The van der Waals surface area contributed by atoms with Crippen molar-refractivity contribution >= 4 is 5.69 Å². The number of aliphatic hydroxyl groups is 1. The maximum absolute atomic E-state index is 10.2. The monoisotopic (exact) mass is 230 g/mol. The summed E-state index contributed by atoms with van der Waals surface area (Å²) in [6.45, 7) is 5.36. The lowest BCUT2D eigenvalue weighted by atomic mass is 9.87. The Labute approximate surface area is 102 Å². The van der Waals surface area contributed by atoms with E-state index in [0.29, 0.717) is 18.7 Å². The van der Waals surface area contributed by atoms with Gasteiger partial charge in [0.05, 0.1) is 16.9 Å². The summed E-state index contributed by atoms with van der Waals surface area (Å²) in [5.74, 6) is 0. The summed E-state index contributed by atoms with van der Waals surface area (Å²) in [5.41, 5.74) is 2.23. The van der Waals surface area contributed by atoms with Crippen molar-refractivity contribution < 1.29 is 5.11 Å². The van der Waals surface area contributed by atoms with Gasteiger partial charge in [0.15, 0.2) is 0 Å². The minimum atomic E-state index is -0.552. The molecule has 1 N–H and O–H groups in total. The van der Waals surface area contributed by atoms with Crippen molar-refractivity contribution in [2.24, 2.45) is 0 Å². The fourth-order valence-corrected chi connectivity index (χ4v) is 2.61. The predicted molar refractivity (Wildman–Crippen MR) is 68.0 cm³/mol. The van der Waals surface area contributed by atoms with Crippen LogP contribution < -0.4 is 4.90 Å². The second-order valence-electron chi connectivity index (χ2n) is 4.91. The standard InChI is InChI=1S/C14H18N2O/c1-3-7-14(17)9-16(10-14)13-11(2)5-4-6-12(13)8-15/h4-6,17H,3,7,9-10H2,1-2H3. The van der Waals surface area contributed by atoms with E-state index < -0.39 is 5.60 Å². The predicted octanol–water partition coefficient (Wildman–Crippen LogP) is 2.22. The van der Waals surface area contributed by atoms with Crippen molar-refractivity contribution in [3.63, 3.8) is 0 Å². The number of nitriles is 1. The highest BCUT2D eigenvalue weighted by molar-refractivity contribution is 5.65. The highest BCUT2D eigenvalue weighted by Gasteiger charge is 2.41. The van der Waals surface area contributed by atoms with E-state index >= 15 is 0 Å². The van der Waals surface area contributed by atoms with Crippen molar-refractivity contribution in [3.05, 3.63) is 29.3 Å². The number of hydrogen-bond acceptors (Lipinski definition) is 3. The summed E-state index contributed by atoms with van der Waals surface area (Å²) in [7, 11) is 0. The largest absolute Gasteiger partial charge is 0.386 e. The minimum absolute atomic E-state index is 0.552. The summed E-state index contributed by atoms with van der Waals surface area (Å²) in [6.07, 6.45) is 1.82. The van der Waals surface area contributed by atoms with Gasteiger partial charge in [0.2, 0.25) is 0 Å². The first-order valence-electron chi connectivity index (χ1n) is 6.07. The number of aryl methyl sites for hydroxylation is 1. The van der Waals surface area contributed by atoms with Crippen LogP contribution in [0.15, 0.2) is 18.2 Å². The van der Waals surface area contributed by atoms with Gasteiger partial charge in [-0.25, -0.2) is 0 Å². The Balaban J connectivity index is 2.19. The third kappa shape index (κ3) is 2.13. The Morgan fingerprint density at radius 3 is 2.76 bits per heavy atom. The Kier molecular flexibility index (Phi) is 3.08. The third-order valence-electron chi connectivity index (χ3n) is 3.36. The van der Waals surface area contributed by atoms with Crippen LogP contribution in [0.3, 0.4) is 0 Å². The van der Waals surface area contributed by atoms with E-state index in [9.17, 15) is 5.11 Å². The molecule has 90 valence electrons. The van der Waals surface area contributed by atoms with Crippen LogP contribution in [-0.2, 0) is 0 Å². The molecule has 1 aromatic carbocycles. The van der Waals surface area contributed by atoms with Crippen LogP contribution in [0, 0.1) is 18.3 Å². The van der Waals surface area contributed by atoms with Gasteiger partial charge in [0.1, 0.15) is 6.07 Å². The molecule has 1 fully saturated rings. The number of benzene rings is 1. The van der Waals surface area contributed by atoms with Crippen molar-refractivity contribution in [3.8, 4) is 6.07 Å². The van der Waals surface area contributed by atoms with Gasteiger partial charge in [-0.05, 0) is 25.0 Å². The van der Waals surface area contributed by atoms with Crippen molar-refractivity contribution in [2.45, 2.75) is 32.3 Å². The zero-order chi connectivity index (χ0) is 12.5. The first-order valence-corrected chi connectivity index (χ1v) is 6.07. The van der Waals surface area contributed by atoms with E-state index in [1.165, 1.54) is 0 Å². The average Bonchev–Trinajstić information content (AvgIpc) is 2.26. The summed E-state index contributed by atoms with van der Waals surface area (Å²) in [4.78, 5) is 2.10. The normalized spacial score (nSPS) is 17.4. The molecule has 0 amide bonds. The topological polar surface area (TPSA) is 47.3 Å². The SMILES string of the molecule is CCCC1(O)CN(c2c(C)cccc2C#N)C1. The van der Waals surface area contributed by atoms with E-state index in [1.807, 2.05) is 25.1 Å². The highest BCUT2D eigenvalue weighted by atomic mass is 16.3. The van der Waals surface area contributed by atoms with Gasteiger partial charge in [-0.15, -0.1) is 0 Å². The molecule has 0 bridgehead atoms. The molecule has 0 atom stereocenters. The Morgan fingerprint density at radius 2 is 2.18 bits per heavy atom. The number of rotatable bonds is 3. The molecular weight excluding hydrogens is 212 g/mol. The van der Waals surface area contributed by atoms with Gasteiger partial charge >= 0.3 is 0 Å². The number of hydrogen-bond donors (Lipinski definition) is 1. The fraction of sp³-hybridized carbons (Fsp3) is 0.500. The molecular formula is C14H18N2O. The lowest BCUT2D eigenvalue weighted by Gasteiger charge is -2.48. The minimum Gasteiger partial charge on any atom is -0.386 e. The van der Waals surface area contributed by atoms with Crippen LogP contribution in [0.25, 0.3) is 0 Å². The maximum Gasteiger partial charge on any atom is 0.101 e. The highest BCUT2D eigenvalue weighted by Crippen LogP contribution is 2.34. The van der Waals surface area contributed by atoms with Crippen LogP contribution >= 0.6 is 0 Å². The molecule has 1 aliphatic heterocycles. The van der Waals surface area contributed by atoms with E-state index in [4.69, 9.17) is 5.26 Å². The van der Waals surface area contributed by atoms with Crippen LogP contribution in [0.5, 0.6) is 0 Å². The van der Waals surface area contributed by atoms with Gasteiger partial charge in [0.25, 0.3) is 0 Å². The summed E-state index contributed by atoms with van der Waals surface area (Å²) in [6, 6.07) is 7.96. The molecule has 1 heterocycles. The molecule has 0 aliphatic carbocycles. The van der Waals surface area contributed by atoms with Crippen molar-refractivity contribution in [1.29, 1.82) is 5.26 Å². The van der Waals surface area contributed by atoms with Crippen LogP contribution in [-0.4, -0.2) is 23.8 Å². The van der Waals surface area contributed by atoms with Gasteiger partial charge in [-0.2, -0.15) is 5.26 Å². The lowest BCUT2D eigenvalue weighted by molar-refractivity contribution is 0.00332. The Morgan fingerprint density at radius 1 is 1.47 bits per heavy atom. The number of anilines is 1. The quantitative estimate of drug-likeness (QED) is 0.866. The van der Waals surface area contributed by atoms with E-state index in [-0.39, 0.29) is 0 Å². The van der Waals surface area contributed by atoms with Crippen LogP contribution in [0.1, 0.15) is 30.9 Å². The third-order valence-corrected chi connectivity index (χ3v) is 3.36. The summed E-state index contributed by atoms with van der Waals surface area (Å²) < 4.78 is 0. The summed E-state index contributed by atoms with van der Waals surface area (Å²) >= 11 is 0. The van der Waals surface area contributed by atoms with E-state index in [0.717, 1.165) is 24.1 Å². The molecule has 1 aliphatic rings. The molecule has 1 saturated heterocycles. The smallest absolute Gasteiger partial charge is 0.101 e. The van der Waals surface area contributed by atoms with E-state index in [1.54, 1.807) is 0 Å². The second kappa shape index (κ2) is 4.38. The first-order chi connectivity index (χ1) is 8.09. The second-order valence-corrected chi connectivity index (χ2v) is 4.91. The maximum atomic E-state index is 10.2. The lowest BCUT2D eigenvalue weighted by Crippen LogP contribution is -2.62.